The van der Waals surface area contributed by atoms with Gasteiger partial charge in [-0.25, -0.2) is 4.39 Å². The molecular formula is C19H22FN. The smallest absolute Gasteiger partial charge is 0.123 e. The highest BCUT2D eigenvalue weighted by Gasteiger charge is 2.29. The highest BCUT2D eigenvalue weighted by Crippen LogP contribution is 2.36. The van der Waals surface area contributed by atoms with Crippen LogP contribution in [0.25, 0.3) is 0 Å². The van der Waals surface area contributed by atoms with E-state index in [0.29, 0.717) is 12.0 Å². The van der Waals surface area contributed by atoms with Gasteiger partial charge in [-0.15, -0.1) is 0 Å². The molecule has 2 heteroatoms. The number of hydrogen-bond donors (Lipinski definition) is 1. The molecule has 0 aliphatic heterocycles. The minimum atomic E-state index is -0.160. The molecule has 110 valence electrons. The summed E-state index contributed by atoms with van der Waals surface area (Å²) in [5.41, 5.74) is 4.02. The van der Waals surface area contributed by atoms with Crippen molar-refractivity contribution in [2.75, 3.05) is 6.54 Å². The molecule has 0 aromatic heterocycles. The molecule has 21 heavy (non-hydrogen) atoms. The van der Waals surface area contributed by atoms with E-state index in [1.165, 1.54) is 41.7 Å². The number of hydrogen-bond acceptors (Lipinski definition) is 1. The van der Waals surface area contributed by atoms with Crippen molar-refractivity contribution < 1.29 is 4.39 Å². The summed E-state index contributed by atoms with van der Waals surface area (Å²) in [5, 5.41) is 3.60. The quantitative estimate of drug-likeness (QED) is 0.866. The third-order valence-corrected chi connectivity index (χ3v) is 4.41. The number of nitrogens with one attached hydrogen (secondary N) is 1. The zero-order valence-corrected chi connectivity index (χ0v) is 12.5. The Morgan fingerprint density at radius 3 is 2.57 bits per heavy atom. The van der Waals surface area contributed by atoms with Crippen molar-refractivity contribution in [1.82, 2.24) is 5.32 Å². The van der Waals surface area contributed by atoms with Gasteiger partial charge in [0, 0.05) is 6.04 Å². The Bertz CT molecular complexity index is 585. The van der Waals surface area contributed by atoms with Crippen LogP contribution >= 0.6 is 0 Å². The minimum Gasteiger partial charge on any atom is -0.314 e. The second-order valence-electron chi connectivity index (χ2n) is 6.11. The summed E-state index contributed by atoms with van der Waals surface area (Å²) in [6.45, 7) is 3.12. The molecule has 0 saturated heterocycles. The Labute approximate surface area is 126 Å². The molecule has 0 radical (unpaired) electrons. The lowest BCUT2D eigenvalue weighted by Crippen LogP contribution is -2.40. The van der Waals surface area contributed by atoms with Gasteiger partial charge < -0.3 is 5.32 Å². The Balaban J connectivity index is 1.40. The summed E-state index contributed by atoms with van der Waals surface area (Å²) in [7, 11) is 0. The van der Waals surface area contributed by atoms with E-state index in [1.807, 2.05) is 12.1 Å². The van der Waals surface area contributed by atoms with Gasteiger partial charge in [-0.1, -0.05) is 42.0 Å². The highest BCUT2D eigenvalue weighted by atomic mass is 19.1. The Hall–Kier alpha value is -1.67. The molecule has 2 aromatic carbocycles. The summed E-state index contributed by atoms with van der Waals surface area (Å²) >= 11 is 0. The summed E-state index contributed by atoms with van der Waals surface area (Å²) in [4.78, 5) is 0. The van der Waals surface area contributed by atoms with Crippen LogP contribution in [0.3, 0.4) is 0 Å². The molecule has 0 unspecified atom stereocenters. The molecule has 0 spiro atoms. The summed E-state index contributed by atoms with van der Waals surface area (Å²) in [5.74, 6) is 0.555. The fraction of sp³-hybridized carbons (Fsp3) is 0.368. The van der Waals surface area contributed by atoms with Crippen molar-refractivity contribution in [2.45, 2.75) is 38.1 Å². The van der Waals surface area contributed by atoms with E-state index < -0.39 is 0 Å². The van der Waals surface area contributed by atoms with Crippen molar-refractivity contribution >= 4 is 0 Å². The maximum absolute atomic E-state index is 12.8. The average Bonchev–Trinajstić information content (AvgIpc) is 2.43. The lowest BCUT2D eigenvalue weighted by molar-refractivity contribution is 0.292. The van der Waals surface area contributed by atoms with Crippen LogP contribution in [0.5, 0.6) is 0 Å². The largest absolute Gasteiger partial charge is 0.314 e. The predicted octanol–water partition coefficient (Wildman–Crippen LogP) is 4.21. The van der Waals surface area contributed by atoms with Crippen molar-refractivity contribution in [3.05, 3.63) is 71.0 Å². The van der Waals surface area contributed by atoms with Gasteiger partial charge in [-0.3, -0.25) is 0 Å². The van der Waals surface area contributed by atoms with E-state index in [2.05, 4.69) is 36.5 Å². The lowest BCUT2D eigenvalue weighted by atomic mass is 9.75. The number of benzene rings is 2. The third-order valence-electron chi connectivity index (χ3n) is 4.41. The molecule has 0 amide bonds. The average molecular weight is 283 g/mol. The van der Waals surface area contributed by atoms with Crippen LogP contribution in [0.4, 0.5) is 4.39 Å². The van der Waals surface area contributed by atoms with Crippen molar-refractivity contribution in [3.63, 3.8) is 0 Å². The third kappa shape index (κ3) is 3.70. The molecule has 1 fully saturated rings. The first-order valence-electron chi connectivity index (χ1n) is 7.75. The van der Waals surface area contributed by atoms with Gasteiger partial charge in [0.25, 0.3) is 0 Å². The van der Waals surface area contributed by atoms with Crippen LogP contribution in [0.2, 0.25) is 0 Å². The molecule has 1 aliphatic rings. The Morgan fingerprint density at radius 1 is 1.10 bits per heavy atom. The molecule has 1 N–H and O–H groups in total. The zero-order chi connectivity index (χ0) is 14.7. The van der Waals surface area contributed by atoms with Crippen LogP contribution in [0.15, 0.2) is 48.5 Å². The first-order valence-corrected chi connectivity index (χ1v) is 7.75. The lowest BCUT2D eigenvalue weighted by Gasteiger charge is -2.36. The summed E-state index contributed by atoms with van der Waals surface area (Å²) < 4.78 is 12.8. The van der Waals surface area contributed by atoms with E-state index in [4.69, 9.17) is 0 Å². The van der Waals surface area contributed by atoms with Gasteiger partial charge in [0.2, 0.25) is 0 Å². The predicted molar refractivity (Wildman–Crippen MR) is 85.0 cm³/mol. The SMILES string of the molecule is Cc1cccc(C2CC(NCCc3ccc(F)cc3)C2)c1. The van der Waals surface area contributed by atoms with Gasteiger partial charge >= 0.3 is 0 Å². The second-order valence-corrected chi connectivity index (χ2v) is 6.11. The van der Waals surface area contributed by atoms with Crippen LogP contribution < -0.4 is 5.32 Å². The Kier molecular flexibility index (Phi) is 4.35. The second kappa shape index (κ2) is 6.40. The number of aryl methyl sites for hydroxylation is 1. The van der Waals surface area contributed by atoms with Crippen LogP contribution in [0, 0.1) is 12.7 Å². The van der Waals surface area contributed by atoms with Crippen LogP contribution in [-0.4, -0.2) is 12.6 Å². The van der Waals surface area contributed by atoms with Crippen molar-refractivity contribution in [1.29, 1.82) is 0 Å². The highest BCUT2D eigenvalue weighted by molar-refractivity contribution is 5.27. The molecule has 1 aliphatic carbocycles. The van der Waals surface area contributed by atoms with Crippen LogP contribution in [0.1, 0.15) is 35.4 Å². The molecule has 0 bridgehead atoms. The van der Waals surface area contributed by atoms with Gasteiger partial charge in [-0.05, 0) is 61.9 Å². The normalized spacial score (nSPS) is 21.0. The Morgan fingerprint density at radius 2 is 1.86 bits per heavy atom. The van der Waals surface area contributed by atoms with Crippen molar-refractivity contribution in [2.24, 2.45) is 0 Å². The fourth-order valence-corrected chi connectivity index (χ4v) is 3.05. The van der Waals surface area contributed by atoms with Gasteiger partial charge in [-0.2, -0.15) is 0 Å². The molecule has 0 atom stereocenters. The summed E-state index contributed by atoms with van der Waals surface area (Å²) in [6.07, 6.45) is 3.42. The van der Waals surface area contributed by atoms with Gasteiger partial charge in [0.1, 0.15) is 5.82 Å². The van der Waals surface area contributed by atoms with E-state index >= 15 is 0 Å². The number of halogens is 1. The maximum atomic E-state index is 12.8. The van der Waals surface area contributed by atoms with Crippen molar-refractivity contribution in [3.8, 4) is 0 Å². The first-order chi connectivity index (χ1) is 10.2. The maximum Gasteiger partial charge on any atom is 0.123 e. The molecule has 2 aromatic rings. The monoisotopic (exact) mass is 283 g/mol. The first kappa shape index (κ1) is 14.3. The molecular weight excluding hydrogens is 261 g/mol. The van der Waals surface area contributed by atoms with E-state index in [-0.39, 0.29) is 5.82 Å². The molecule has 3 rings (SSSR count). The van der Waals surface area contributed by atoms with E-state index in [1.54, 1.807) is 0 Å². The standard InChI is InChI=1S/C19H22FN/c1-14-3-2-4-16(11-14)17-12-19(13-17)21-10-9-15-5-7-18(20)8-6-15/h2-8,11,17,19,21H,9-10,12-13H2,1H3. The minimum absolute atomic E-state index is 0.160. The molecule has 0 heterocycles. The fourth-order valence-electron chi connectivity index (χ4n) is 3.05. The van der Waals surface area contributed by atoms with Crippen LogP contribution in [-0.2, 0) is 6.42 Å². The van der Waals surface area contributed by atoms with Gasteiger partial charge in [0.05, 0.1) is 0 Å². The van der Waals surface area contributed by atoms with Gasteiger partial charge in [0.15, 0.2) is 0 Å². The van der Waals surface area contributed by atoms with E-state index in [0.717, 1.165) is 13.0 Å². The molecule has 1 saturated carbocycles. The zero-order valence-electron chi connectivity index (χ0n) is 12.5. The summed E-state index contributed by atoms with van der Waals surface area (Å²) in [6, 6.07) is 16.3. The van der Waals surface area contributed by atoms with E-state index in [9.17, 15) is 4.39 Å². The molecule has 1 nitrogen and oxygen atoms in total. The number of rotatable bonds is 5. The topological polar surface area (TPSA) is 12.0 Å².